The van der Waals surface area contributed by atoms with Crippen LogP contribution in [-0.2, 0) is 0 Å². The minimum Gasteiger partial charge on any atom is -0.354 e. The molecule has 3 N–H and O–H groups in total. The summed E-state index contributed by atoms with van der Waals surface area (Å²) in [7, 11) is 1.58. The van der Waals surface area contributed by atoms with E-state index >= 15 is 0 Å². The number of carbonyl (C=O) groups is 1. The predicted octanol–water partition coefficient (Wildman–Crippen LogP) is 1.25. The van der Waals surface area contributed by atoms with Gasteiger partial charge in [-0.3, -0.25) is 4.79 Å². The zero-order valence-electron chi connectivity index (χ0n) is 10.4. The van der Waals surface area contributed by atoms with Crippen LogP contribution in [0.3, 0.4) is 0 Å². The van der Waals surface area contributed by atoms with E-state index in [-0.39, 0.29) is 11.9 Å². The molecule has 0 saturated carbocycles. The monoisotopic (exact) mass is 244 g/mol. The van der Waals surface area contributed by atoms with E-state index in [0.717, 1.165) is 11.3 Å². The van der Waals surface area contributed by atoms with Gasteiger partial charge in [0.2, 0.25) is 0 Å². The molecule has 1 atom stereocenters. The van der Waals surface area contributed by atoms with Crippen molar-refractivity contribution in [2.24, 2.45) is 5.73 Å². The third-order valence-corrected chi connectivity index (χ3v) is 2.71. The average Bonchev–Trinajstić information content (AvgIpc) is 2.87. The Balaban J connectivity index is 2.34. The van der Waals surface area contributed by atoms with Crippen molar-refractivity contribution >= 4 is 5.91 Å². The van der Waals surface area contributed by atoms with Crippen LogP contribution in [0.2, 0.25) is 0 Å². The van der Waals surface area contributed by atoms with Crippen molar-refractivity contribution in [3.8, 4) is 5.69 Å². The molecule has 1 unspecified atom stereocenters. The fourth-order valence-electron chi connectivity index (χ4n) is 1.67. The lowest BCUT2D eigenvalue weighted by Gasteiger charge is -2.08. The molecule has 0 saturated heterocycles. The van der Waals surface area contributed by atoms with Gasteiger partial charge in [-0.15, -0.1) is 0 Å². The maximum Gasteiger partial charge on any atom is 0.271 e. The first-order chi connectivity index (χ1) is 8.61. The summed E-state index contributed by atoms with van der Waals surface area (Å²) in [6, 6.07) is 9.43. The molecule has 94 valence electrons. The van der Waals surface area contributed by atoms with E-state index in [0.29, 0.717) is 5.69 Å². The number of hydrogen-bond donors (Lipinski definition) is 2. The lowest BCUT2D eigenvalue weighted by molar-refractivity contribution is 0.0957. The summed E-state index contributed by atoms with van der Waals surface area (Å²) in [5.74, 6) is -0.197. The minimum atomic E-state index is -0.197. The standard InChI is InChI=1S/C13H16N4O/c1-9(14)10-4-3-5-11(8-10)17-7-6-12(16-17)13(18)15-2/h3-9H,14H2,1-2H3,(H,15,18). The first kappa shape index (κ1) is 12.3. The highest BCUT2D eigenvalue weighted by molar-refractivity contribution is 5.91. The van der Waals surface area contributed by atoms with Gasteiger partial charge in [-0.05, 0) is 30.7 Å². The number of nitrogens with two attached hydrogens (primary N) is 1. The van der Waals surface area contributed by atoms with Crippen LogP contribution < -0.4 is 11.1 Å². The summed E-state index contributed by atoms with van der Waals surface area (Å²) in [5, 5.41) is 6.76. The topological polar surface area (TPSA) is 72.9 Å². The van der Waals surface area contributed by atoms with Crippen molar-refractivity contribution in [2.45, 2.75) is 13.0 Å². The number of amides is 1. The number of rotatable bonds is 3. The van der Waals surface area contributed by atoms with Crippen LogP contribution in [0, 0.1) is 0 Å². The van der Waals surface area contributed by atoms with Crippen LogP contribution in [0.1, 0.15) is 29.0 Å². The molecule has 5 heteroatoms. The third kappa shape index (κ3) is 2.41. The Kier molecular flexibility index (Phi) is 3.43. The molecule has 0 spiro atoms. The predicted molar refractivity (Wildman–Crippen MR) is 69.6 cm³/mol. The molecule has 0 fully saturated rings. The molecule has 1 aromatic carbocycles. The van der Waals surface area contributed by atoms with Gasteiger partial charge in [0.25, 0.3) is 5.91 Å². The molecule has 0 aliphatic heterocycles. The SMILES string of the molecule is CNC(=O)c1ccn(-c2cccc(C(C)N)c2)n1. The smallest absolute Gasteiger partial charge is 0.271 e. The van der Waals surface area contributed by atoms with Crippen LogP contribution in [-0.4, -0.2) is 22.7 Å². The van der Waals surface area contributed by atoms with Crippen molar-refractivity contribution in [2.75, 3.05) is 7.05 Å². The van der Waals surface area contributed by atoms with Gasteiger partial charge in [0, 0.05) is 19.3 Å². The van der Waals surface area contributed by atoms with E-state index in [9.17, 15) is 4.79 Å². The maximum absolute atomic E-state index is 11.4. The van der Waals surface area contributed by atoms with Crippen LogP contribution in [0.5, 0.6) is 0 Å². The van der Waals surface area contributed by atoms with Crippen molar-refractivity contribution in [3.63, 3.8) is 0 Å². The molecule has 0 aliphatic carbocycles. The van der Waals surface area contributed by atoms with E-state index in [2.05, 4.69) is 10.4 Å². The second-order valence-electron chi connectivity index (χ2n) is 4.11. The van der Waals surface area contributed by atoms with Crippen LogP contribution in [0.4, 0.5) is 0 Å². The van der Waals surface area contributed by atoms with Crippen LogP contribution in [0.25, 0.3) is 5.69 Å². The zero-order chi connectivity index (χ0) is 13.1. The van der Waals surface area contributed by atoms with E-state index in [4.69, 9.17) is 5.73 Å². The van der Waals surface area contributed by atoms with E-state index in [1.165, 1.54) is 0 Å². The van der Waals surface area contributed by atoms with Gasteiger partial charge in [0.15, 0.2) is 5.69 Å². The molecule has 0 bridgehead atoms. The summed E-state index contributed by atoms with van der Waals surface area (Å²) >= 11 is 0. The Hall–Kier alpha value is -2.14. The Bertz CT molecular complexity index is 560. The molecule has 1 aromatic heterocycles. The maximum atomic E-state index is 11.4. The van der Waals surface area contributed by atoms with Gasteiger partial charge in [-0.25, -0.2) is 4.68 Å². The highest BCUT2D eigenvalue weighted by Gasteiger charge is 2.08. The molecular weight excluding hydrogens is 228 g/mol. The molecule has 18 heavy (non-hydrogen) atoms. The van der Waals surface area contributed by atoms with Gasteiger partial charge in [0.1, 0.15) is 0 Å². The molecule has 0 aliphatic rings. The van der Waals surface area contributed by atoms with Gasteiger partial charge >= 0.3 is 0 Å². The first-order valence-corrected chi connectivity index (χ1v) is 5.75. The fraction of sp³-hybridized carbons (Fsp3) is 0.231. The van der Waals surface area contributed by atoms with Crippen molar-refractivity contribution in [1.29, 1.82) is 0 Å². The highest BCUT2D eigenvalue weighted by Crippen LogP contribution is 2.15. The van der Waals surface area contributed by atoms with E-state index < -0.39 is 0 Å². The number of nitrogens with zero attached hydrogens (tertiary/aromatic N) is 2. The average molecular weight is 244 g/mol. The fourth-order valence-corrected chi connectivity index (χ4v) is 1.67. The second kappa shape index (κ2) is 5.01. The van der Waals surface area contributed by atoms with E-state index in [1.54, 1.807) is 24.0 Å². The number of aromatic nitrogens is 2. The zero-order valence-corrected chi connectivity index (χ0v) is 10.4. The lowest BCUT2D eigenvalue weighted by Crippen LogP contribution is -2.18. The Morgan fingerprint density at radius 1 is 1.44 bits per heavy atom. The van der Waals surface area contributed by atoms with Gasteiger partial charge in [-0.1, -0.05) is 12.1 Å². The van der Waals surface area contributed by atoms with Crippen molar-refractivity contribution in [1.82, 2.24) is 15.1 Å². The Labute approximate surface area is 106 Å². The molecule has 0 radical (unpaired) electrons. The Morgan fingerprint density at radius 3 is 2.89 bits per heavy atom. The summed E-state index contributed by atoms with van der Waals surface area (Å²) < 4.78 is 1.66. The molecule has 5 nitrogen and oxygen atoms in total. The molecule has 1 heterocycles. The largest absolute Gasteiger partial charge is 0.354 e. The molecule has 2 rings (SSSR count). The second-order valence-corrected chi connectivity index (χ2v) is 4.11. The van der Waals surface area contributed by atoms with Crippen molar-refractivity contribution < 1.29 is 4.79 Å². The van der Waals surface area contributed by atoms with Gasteiger partial charge in [0.05, 0.1) is 5.69 Å². The summed E-state index contributed by atoms with van der Waals surface area (Å²) in [6.45, 7) is 1.93. The highest BCUT2D eigenvalue weighted by atomic mass is 16.1. The molecular formula is C13H16N4O. The normalized spacial score (nSPS) is 12.2. The number of carbonyl (C=O) groups excluding carboxylic acids is 1. The third-order valence-electron chi connectivity index (χ3n) is 2.71. The number of benzene rings is 1. The first-order valence-electron chi connectivity index (χ1n) is 5.75. The number of hydrogen-bond acceptors (Lipinski definition) is 3. The van der Waals surface area contributed by atoms with Gasteiger partial charge < -0.3 is 11.1 Å². The van der Waals surface area contributed by atoms with E-state index in [1.807, 2.05) is 31.2 Å². The van der Waals surface area contributed by atoms with Gasteiger partial charge in [-0.2, -0.15) is 5.10 Å². The van der Waals surface area contributed by atoms with Crippen LogP contribution >= 0.6 is 0 Å². The molecule has 2 aromatic rings. The minimum absolute atomic E-state index is 0.0288. The Morgan fingerprint density at radius 2 is 2.22 bits per heavy atom. The lowest BCUT2D eigenvalue weighted by atomic mass is 10.1. The molecule has 1 amide bonds. The van der Waals surface area contributed by atoms with Crippen molar-refractivity contribution in [3.05, 3.63) is 47.8 Å². The summed E-state index contributed by atoms with van der Waals surface area (Å²) in [4.78, 5) is 11.4. The summed E-state index contributed by atoms with van der Waals surface area (Å²) in [5.41, 5.74) is 8.15. The quantitative estimate of drug-likeness (QED) is 0.853. The van der Waals surface area contributed by atoms with Crippen LogP contribution in [0.15, 0.2) is 36.5 Å². The number of nitrogens with one attached hydrogen (secondary N) is 1. The summed E-state index contributed by atoms with van der Waals surface area (Å²) in [6.07, 6.45) is 1.75.